The molecule has 3 amide bonds. The maximum atomic E-state index is 11.5. The molecule has 0 aromatic heterocycles. The van der Waals surface area contributed by atoms with Crippen LogP contribution in [0.1, 0.15) is 40.0 Å². The number of carboxylic acid groups (broad SMARTS) is 2. The van der Waals surface area contributed by atoms with Crippen molar-refractivity contribution in [2.24, 2.45) is 0 Å². The largest absolute Gasteiger partial charge is 0.465 e. The van der Waals surface area contributed by atoms with Crippen LogP contribution in [0.3, 0.4) is 0 Å². The Morgan fingerprint density at radius 2 is 1.68 bits per heavy atom. The monoisotopic (exact) mass is 319 g/mol. The van der Waals surface area contributed by atoms with Crippen molar-refractivity contribution < 1.29 is 29.3 Å². The summed E-state index contributed by atoms with van der Waals surface area (Å²) in [5.41, 5.74) is -0.623. The Hall–Kier alpha value is -2.19. The summed E-state index contributed by atoms with van der Waals surface area (Å²) >= 11 is 0. The topological polar surface area (TPSA) is 137 Å². The van der Waals surface area contributed by atoms with Gasteiger partial charge in [0.15, 0.2) is 0 Å². The SMILES string of the molecule is CC(C)(C)OC(=O)NCC(CCCCNC(=O)O)NC(=O)O. The summed E-state index contributed by atoms with van der Waals surface area (Å²) in [6.45, 7) is 5.60. The molecule has 0 aromatic carbocycles. The minimum absolute atomic E-state index is 0.105. The van der Waals surface area contributed by atoms with Crippen LogP contribution >= 0.6 is 0 Å². The minimum Gasteiger partial charge on any atom is -0.465 e. The molecule has 0 aliphatic heterocycles. The molecule has 0 saturated heterocycles. The zero-order valence-corrected chi connectivity index (χ0v) is 13.1. The second kappa shape index (κ2) is 9.69. The number of unbranched alkanes of at least 4 members (excludes halogenated alkanes) is 1. The average Bonchev–Trinajstić information content (AvgIpc) is 2.32. The molecule has 5 N–H and O–H groups in total. The number of ether oxygens (including phenoxy) is 1. The molecule has 0 aromatic rings. The smallest absolute Gasteiger partial charge is 0.407 e. The van der Waals surface area contributed by atoms with Gasteiger partial charge in [0.1, 0.15) is 5.60 Å². The highest BCUT2D eigenvalue weighted by atomic mass is 16.6. The van der Waals surface area contributed by atoms with Gasteiger partial charge in [-0.3, -0.25) is 0 Å². The van der Waals surface area contributed by atoms with E-state index >= 15 is 0 Å². The van der Waals surface area contributed by atoms with E-state index < -0.39 is 29.9 Å². The average molecular weight is 319 g/mol. The lowest BCUT2D eigenvalue weighted by Crippen LogP contribution is -2.44. The summed E-state index contributed by atoms with van der Waals surface area (Å²) in [5, 5.41) is 24.2. The fraction of sp³-hybridized carbons (Fsp3) is 0.769. The van der Waals surface area contributed by atoms with Gasteiger partial charge in [0.25, 0.3) is 0 Å². The molecule has 0 aliphatic carbocycles. The first-order valence-corrected chi connectivity index (χ1v) is 7.03. The van der Waals surface area contributed by atoms with Gasteiger partial charge >= 0.3 is 18.3 Å². The van der Waals surface area contributed by atoms with Crippen molar-refractivity contribution in [2.75, 3.05) is 13.1 Å². The van der Waals surface area contributed by atoms with Gasteiger partial charge in [-0.15, -0.1) is 0 Å². The third-order valence-electron chi connectivity index (χ3n) is 2.47. The Kier molecular flexibility index (Phi) is 8.73. The Morgan fingerprint density at radius 3 is 2.18 bits per heavy atom. The maximum absolute atomic E-state index is 11.5. The van der Waals surface area contributed by atoms with Gasteiger partial charge in [-0.2, -0.15) is 0 Å². The van der Waals surface area contributed by atoms with Crippen molar-refractivity contribution in [1.82, 2.24) is 16.0 Å². The van der Waals surface area contributed by atoms with Crippen LogP contribution < -0.4 is 16.0 Å². The fourth-order valence-electron chi connectivity index (χ4n) is 1.63. The van der Waals surface area contributed by atoms with Gasteiger partial charge in [-0.25, -0.2) is 14.4 Å². The molecule has 0 radical (unpaired) electrons. The summed E-state index contributed by atoms with van der Waals surface area (Å²) in [4.78, 5) is 32.5. The van der Waals surface area contributed by atoms with Crippen LogP contribution in [-0.4, -0.2) is 53.2 Å². The third-order valence-corrected chi connectivity index (χ3v) is 2.47. The van der Waals surface area contributed by atoms with E-state index in [4.69, 9.17) is 14.9 Å². The molecule has 128 valence electrons. The number of carbonyl (C=O) groups excluding carboxylic acids is 1. The van der Waals surface area contributed by atoms with Crippen LogP contribution in [0, 0.1) is 0 Å². The Bertz CT molecular complexity index is 380. The molecule has 0 saturated carbocycles. The highest BCUT2D eigenvalue weighted by Crippen LogP contribution is 2.07. The number of carbonyl (C=O) groups is 3. The van der Waals surface area contributed by atoms with Crippen LogP contribution in [-0.2, 0) is 4.74 Å². The summed E-state index contributed by atoms with van der Waals surface area (Å²) in [5.74, 6) is 0. The van der Waals surface area contributed by atoms with Crippen molar-refractivity contribution >= 4 is 18.3 Å². The molecule has 1 atom stereocenters. The molecule has 22 heavy (non-hydrogen) atoms. The first-order valence-electron chi connectivity index (χ1n) is 7.03. The van der Waals surface area contributed by atoms with Gasteiger partial charge < -0.3 is 30.9 Å². The molecule has 0 spiro atoms. The van der Waals surface area contributed by atoms with E-state index in [0.717, 1.165) is 0 Å². The van der Waals surface area contributed by atoms with Crippen LogP contribution in [0.25, 0.3) is 0 Å². The highest BCUT2D eigenvalue weighted by Gasteiger charge is 2.18. The molecule has 0 heterocycles. The zero-order chi connectivity index (χ0) is 17.2. The molecule has 9 nitrogen and oxygen atoms in total. The third kappa shape index (κ3) is 12.8. The molecular formula is C13H25N3O6. The van der Waals surface area contributed by atoms with Gasteiger partial charge in [-0.05, 0) is 40.0 Å². The Labute approximate surface area is 129 Å². The first-order chi connectivity index (χ1) is 10.1. The van der Waals surface area contributed by atoms with E-state index in [1.54, 1.807) is 20.8 Å². The molecule has 0 fully saturated rings. The predicted molar refractivity (Wildman–Crippen MR) is 79.1 cm³/mol. The molecular weight excluding hydrogens is 294 g/mol. The van der Waals surface area contributed by atoms with Crippen molar-refractivity contribution in [2.45, 2.75) is 51.7 Å². The highest BCUT2D eigenvalue weighted by molar-refractivity contribution is 5.68. The van der Waals surface area contributed by atoms with Gasteiger partial charge in [-0.1, -0.05) is 0 Å². The van der Waals surface area contributed by atoms with Crippen LogP contribution in [0.5, 0.6) is 0 Å². The zero-order valence-electron chi connectivity index (χ0n) is 13.1. The second-order valence-corrected chi connectivity index (χ2v) is 5.76. The van der Waals surface area contributed by atoms with Crippen molar-refractivity contribution in [1.29, 1.82) is 0 Å². The quantitative estimate of drug-likeness (QED) is 0.431. The van der Waals surface area contributed by atoms with E-state index in [-0.39, 0.29) is 6.54 Å². The van der Waals surface area contributed by atoms with Gasteiger partial charge in [0, 0.05) is 19.1 Å². The van der Waals surface area contributed by atoms with Crippen molar-refractivity contribution in [3.63, 3.8) is 0 Å². The molecule has 0 bridgehead atoms. The van der Waals surface area contributed by atoms with Crippen LogP contribution in [0.2, 0.25) is 0 Å². The van der Waals surface area contributed by atoms with Crippen LogP contribution in [0.4, 0.5) is 14.4 Å². The van der Waals surface area contributed by atoms with Crippen molar-refractivity contribution in [3.8, 4) is 0 Å². The van der Waals surface area contributed by atoms with E-state index in [1.807, 2.05) is 0 Å². The summed E-state index contributed by atoms with van der Waals surface area (Å²) in [6.07, 6.45) is -1.22. The summed E-state index contributed by atoms with van der Waals surface area (Å²) in [6, 6.07) is -0.463. The van der Waals surface area contributed by atoms with Crippen molar-refractivity contribution in [3.05, 3.63) is 0 Å². The normalized spacial score (nSPS) is 12.1. The summed E-state index contributed by atoms with van der Waals surface area (Å²) in [7, 11) is 0. The number of nitrogens with one attached hydrogen (secondary N) is 3. The number of rotatable bonds is 8. The maximum Gasteiger partial charge on any atom is 0.407 e. The lowest BCUT2D eigenvalue weighted by atomic mass is 10.1. The van der Waals surface area contributed by atoms with E-state index in [9.17, 15) is 14.4 Å². The lowest BCUT2D eigenvalue weighted by molar-refractivity contribution is 0.0520. The second-order valence-electron chi connectivity index (χ2n) is 5.76. The van der Waals surface area contributed by atoms with E-state index in [2.05, 4.69) is 16.0 Å². The predicted octanol–water partition coefficient (Wildman–Crippen LogP) is 1.59. The number of alkyl carbamates (subject to hydrolysis) is 1. The lowest BCUT2D eigenvalue weighted by Gasteiger charge is -2.22. The standard InChI is InChI=1S/C13H25N3O6/c1-13(2,3)22-12(21)15-8-9(16-11(19)20)6-4-5-7-14-10(17)18/h9,14,16H,4-8H2,1-3H3,(H,15,21)(H,17,18)(H,19,20). The Balaban J connectivity index is 4.09. The van der Waals surface area contributed by atoms with Gasteiger partial charge in [0.2, 0.25) is 0 Å². The summed E-state index contributed by atoms with van der Waals surface area (Å²) < 4.78 is 5.06. The molecule has 9 heteroatoms. The minimum atomic E-state index is -1.18. The molecule has 0 aliphatic rings. The molecule has 1 unspecified atom stereocenters. The molecule has 0 rings (SSSR count). The Morgan fingerprint density at radius 1 is 1.05 bits per heavy atom. The number of hydrogen-bond acceptors (Lipinski definition) is 4. The van der Waals surface area contributed by atoms with Gasteiger partial charge in [0.05, 0.1) is 0 Å². The van der Waals surface area contributed by atoms with E-state index in [1.165, 1.54) is 0 Å². The van der Waals surface area contributed by atoms with Crippen LogP contribution in [0.15, 0.2) is 0 Å². The van der Waals surface area contributed by atoms with E-state index in [0.29, 0.717) is 25.8 Å². The number of amides is 3. The fourth-order valence-corrected chi connectivity index (χ4v) is 1.63. The first kappa shape index (κ1) is 19.8. The number of hydrogen-bond donors (Lipinski definition) is 5.